The van der Waals surface area contributed by atoms with E-state index in [-0.39, 0.29) is 11.7 Å². The molecule has 0 fully saturated rings. The summed E-state index contributed by atoms with van der Waals surface area (Å²) in [4.78, 5) is 12.5. The number of furan rings is 1. The number of aryl methyl sites for hydroxylation is 2. The lowest BCUT2D eigenvalue weighted by Gasteiger charge is -2.10. The minimum absolute atomic E-state index is 0.119. The van der Waals surface area contributed by atoms with Crippen molar-refractivity contribution in [1.29, 1.82) is 0 Å². The Bertz CT molecular complexity index is 1280. The number of para-hydroxylation sites is 1. The van der Waals surface area contributed by atoms with E-state index in [1.54, 1.807) is 7.11 Å². The highest BCUT2D eigenvalue weighted by Gasteiger charge is 2.18. The number of nitrogens with one attached hydrogen (secondary N) is 1. The second kappa shape index (κ2) is 8.76. The van der Waals surface area contributed by atoms with Crippen LogP contribution in [0.1, 0.15) is 11.1 Å². The second-order valence-electron chi connectivity index (χ2n) is 7.11. The Hall–Kier alpha value is -2.78. The molecule has 0 bridgehead atoms. The largest absolute Gasteiger partial charge is 0.493 e. The van der Waals surface area contributed by atoms with Gasteiger partial charge in [0.1, 0.15) is 0 Å². The molecule has 0 aliphatic heterocycles. The maximum absolute atomic E-state index is 12.5. The Morgan fingerprint density at radius 1 is 1.23 bits per heavy atom. The van der Waals surface area contributed by atoms with Crippen LogP contribution in [-0.2, 0) is 11.8 Å². The van der Waals surface area contributed by atoms with E-state index in [4.69, 9.17) is 9.15 Å². The maximum Gasteiger partial charge on any atom is 0.234 e. The van der Waals surface area contributed by atoms with E-state index in [2.05, 4.69) is 31.4 Å². The van der Waals surface area contributed by atoms with E-state index < -0.39 is 0 Å². The van der Waals surface area contributed by atoms with Crippen molar-refractivity contribution < 1.29 is 13.9 Å². The van der Waals surface area contributed by atoms with Crippen molar-refractivity contribution >= 4 is 50.3 Å². The Kier molecular flexibility index (Phi) is 6.06. The van der Waals surface area contributed by atoms with Gasteiger partial charge in [0.25, 0.3) is 0 Å². The number of halogens is 1. The summed E-state index contributed by atoms with van der Waals surface area (Å²) in [6, 6.07) is 11.6. The van der Waals surface area contributed by atoms with Crippen LogP contribution in [0.2, 0.25) is 0 Å². The Balaban J connectivity index is 1.48. The van der Waals surface area contributed by atoms with Crippen LogP contribution in [0.4, 0.5) is 5.69 Å². The molecule has 0 radical (unpaired) electrons. The number of benzene rings is 2. The summed E-state index contributed by atoms with van der Waals surface area (Å²) in [5.41, 5.74) is 3.69. The van der Waals surface area contributed by atoms with Crippen LogP contribution in [0.3, 0.4) is 0 Å². The summed E-state index contributed by atoms with van der Waals surface area (Å²) in [6.45, 7) is 4.05. The van der Waals surface area contributed by atoms with Gasteiger partial charge in [-0.3, -0.25) is 4.79 Å². The molecule has 0 atom stereocenters. The smallest absolute Gasteiger partial charge is 0.234 e. The molecule has 2 aromatic carbocycles. The number of carbonyl (C=O) groups excluding carboxylic acids is 1. The Labute approximate surface area is 192 Å². The minimum Gasteiger partial charge on any atom is -0.493 e. The highest BCUT2D eigenvalue weighted by Crippen LogP contribution is 2.33. The average Bonchev–Trinajstić information content (AvgIpc) is 3.33. The summed E-state index contributed by atoms with van der Waals surface area (Å²) in [6.07, 6.45) is 0. The van der Waals surface area contributed by atoms with Crippen LogP contribution in [0.15, 0.2) is 50.4 Å². The topological polar surface area (TPSA) is 82.2 Å². The molecule has 9 heteroatoms. The molecule has 4 aromatic rings. The number of methoxy groups -OCH3 is 1. The van der Waals surface area contributed by atoms with Gasteiger partial charge in [0.05, 0.1) is 18.6 Å². The molecule has 31 heavy (non-hydrogen) atoms. The zero-order valence-electron chi connectivity index (χ0n) is 17.5. The Morgan fingerprint density at radius 3 is 2.77 bits per heavy atom. The van der Waals surface area contributed by atoms with E-state index in [0.717, 1.165) is 26.7 Å². The minimum atomic E-state index is -0.119. The number of fused-ring (bicyclic) bond motifs is 1. The molecule has 0 spiro atoms. The predicted molar refractivity (Wildman–Crippen MR) is 126 cm³/mol. The van der Waals surface area contributed by atoms with Crippen LogP contribution in [-0.4, -0.2) is 33.5 Å². The fourth-order valence-corrected chi connectivity index (χ4v) is 4.42. The van der Waals surface area contributed by atoms with Gasteiger partial charge in [-0.1, -0.05) is 23.9 Å². The second-order valence-corrected chi connectivity index (χ2v) is 8.90. The van der Waals surface area contributed by atoms with Crippen molar-refractivity contribution in [1.82, 2.24) is 14.8 Å². The van der Waals surface area contributed by atoms with Gasteiger partial charge in [-0.15, -0.1) is 10.2 Å². The fraction of sp³-hybridized carbons (Fsp3) is 0.227. The average molecular weight is 501 g/mol. The van der Waals surface area contributed by atoms with Crippen molar-refractivity contribution in [3.8, 4) is 17.3 Å². The number of rotatable bonds is 6. The van der Waals surface area contributed by atoms with Gasteiger partial charge in [0.2, 0.25) is 5.91 Å². The standard InChI is InChI=1S/C22H21BrN4O3S/c1-12-8-15(23)16(9-13(12)2)24-19(28)11-31-22-26-25-21(27(22)3)18-10-14-6-5-7-17(29-4)20(14)30-18/h5-10H,11H2,1-4H3,(H,24,28). The SMILES string of the molecule is COc1cccc2cc(-c3nnc(SCC(=O)Nc4cc(C)c(C)cc4Br)n3C)oc12. The summed E-state index contributed by atoms with van der Waals surface area (Å²) < 4.78 is 14.0. The van der Waals surface area contributed by atoms with Crippen LogP contribution in [0, 0.1) is 13.8 Å². The molecule has 0 aliphatic rings. The van der Waals surface area contributed by atoms with E-state index in [1.807, 2.05) is 61.9 Å². The number of hydrogen-bond acceptors (Lipinski definition) is 6. The first kappa shape index (κ1) is 21.5. The normalized spacial score (nSPS) is 11.1. The van der Waals surface area contributed by atoms with E-state index >= 15 is 0 Å². The van der Waals surface area contributed by atoms with Crippen molar-refractivity contribution in [3.63, 3.8) is 0 Å². The van der Waals surface area contributed by atoms with Crippen LogP contribution < -0.4 is 10.1 Å². The van der Waals surface area contributed by atoms with Gasteiger partial charge in [-0.2, -0.15) is 0 Å². The van der Waals surface area contributed by atoms with Gasteiger partial charge in [-0.05, 0) is 65.2 Å². The lowest BCUT2D eigenvalue weighted by atomic mass is 10.1. The van der Waals surface area contributed by atoms with Gasteiger partial charge < -0.3 is 19.0 Å². The van der Waals surface area contributed by atoms with Gasteiger partial charge in [-0.25, -0.2) is 0 Å². The lowest BCUT2D eigenvalue weighted by molar-refractivity contribution is -0.113. The number of thioether (sulfide) groups is 1. The van der Waals surface area contributed by atoms with E-state index in [1.165, 1.54) is 11.8 Å². The van der Waals surface area contributed by atoms with Gasteiger partial charge in [0.15, 0.2) is 28.1 Å². The summed E-state index contributed by atoms with van der Waals surface area (Å²) in [5.74, 6) is 1.92. The molecule has 0 unspecified atom stereocenters. The third kappa shape index (κ3) is 4.33. The van der Waals surface area contributed by atoms with E-state index in [9.17, 15) is 4.79 Å². The monoisotopic (exact) mass is 500 g/mol. The molecule has 160 valence electrons. The molecule has 1 N–H and O–H groups in total. The number of aromatic nitrogens is 3. The zero-order valence-corrected chi connectivity index (χ0v) is 19.9. The third-order valence-electron chi connectivity index (χ3n) is 4.97. The third-order valence-corrected chi connectivity index (χ3v) is 6.65. The van der Waals surface area contributed by atoms with Gasteiger partial charge in [0, 0.05) is 16.9 Å². The number of carbonyl (C=O) groups is 1. The molecule has 0 saturated heterocycles. The number of ether oxygens (including phenoxy) is 1. The summed E-state index contributed by atoms with van der Waals surface area (Å²) >= 11 is 4.82. The molecular formula is C22H21BrN4O3S. The first-order valence-electron chi connectivity index (χ1n) is 9.53. The lowest BCUT2D eigenvalue weighted by Crippen LogP contribution is -2.15. The van der Waals surface area contributed by atoms with E-state index in [0.29, 0.717) is 28.1 Å². The molecule has 1 amide bonds. The molecule has 2 aromatic heterocycles. The first-order chi connectivity index (χ1) is 14.9. The Morgan fingerprint density at radius 2 is 2.00 bits per heavy atom. The van der Waals surface area contributed by atoms with Crippen LogP contribution >= 0.6 is 27.7 Å². The molecule has 4 rings (SSSR count). The van der Waals surface area contributed by atoms with Crippen molar-refractivity contribution in [2.75, 3.05) is 18.2 Å². The fourth-order valence-electron chi connectivity index (χ4n) is 3.16. The zero-order chi connectivity index (χ0) is 22.1. The number of nitrogens with zero attached hydrogens (tertiary/aromatic N) is 3. The quantitative estimate of drug-likeness (QED) is 0.359. The highest BCUT2D eigenvalue weighted by molar-refractivity contribution is 9.10. The predicted octanol–water partition coefficient (Wildman–Crippen LogP) is 5.35. The van der Waals surface area contributed by atoms with Crippen molar-refractivity contribution in [2.24, 2.45) is 7.05 Å². The summed E-state index contributed by atoms with van der Waals surface area (Å²) in [5, 5.41) is 13.0. The summed E-state index contributed by atoms with van der Waals surface area (Å²) in [7, 11) is 3.45. The maximum atomic E-state index is 12.5. The first-order valence-corrected chi connectivity index (χ1v) is 11.3. The molecule has 0 saturated carbocycles. The van der Waals surface area contributed by atoms with Crippen molar-refractivity contribution in [2.45, 2.75) is 19.0 Å². The molecule has 2 heterocycles. The number of hydrogen-bond donors (Lipinski definition) is 1. The molecular weight excluding hydrogens is 480 g/mol. The van der Waals surface area contributed by atoms with Gasteiger partial charge >= 0.3 is 0 Å². The molecule has 0 aliphatic carbocycles. The van der Waals surface area contributed by atoms with Crippen LogP contribution in [0.25, 0.3) is 22.6 Å². The van der Waals surface area contributed by atoms with Crippen molar-refractivity contribution in [3.05, 3.63) is 52.0 Å². The van der Waals surface area contributed by atoms with Crippen LogP contribution in [0.5, 0.6) is 5.75 Å². The number of anilines is 1. The molecule has 7 nitrogen and oxygen atoms in total. The number of amides is 1. The highest BCUT2D eigenvalue weighted by atomic mass is 79.9.